The summed E-state index contributed by atoms with van der Waals surface area (Å²) in [7, 11) is 0. The molecule has 2 aromatic heterocycles. The van der Waals surface area contributed by atoms with E-state index in [9.17, 15) is 4.79 Å². The maximum absolute atomic E-state index is 12.8. The highest BCUT2D eigenvalue weighted by molar-refractivity contribution is 6.31. The molecule has 0 radical (unpaired) electrons. The zero-order chi connectivity index (χ0) is 15.8. The molecule has 1 aliphatic rings. The second-order valence-corrected chi connectivity index (χ2v) is 6.45. The van der Waals surface area contributed by atoms with Crippen molar-refractivity contribution in [1.29, 1.82) is 0 Å². The number of aromatic amines is 1. The lowest BCUT2D eigenvalue weighted by Gasteiger charge is -2.24. The van der Waals surface area contributed by atoms with Crippen molar-refractivity contribution in [1.82, 2.24) is 14.5 Å². The summed E-state index contributed by atoms with van der Waals surface area (Å²) in [4.78, 5) is 18.0. The fourth-order valence-corrected chi connectivity index (χ4v) is 3.64. The van der Waals surface area contributed by atoms with Crippen LogP contribution in [0.15, 0.2) is 48.8 Å². The maximum atomic E-state index is 12.8. The van der Waals surface area contributed by atoms with Crippen LogP contribution in [0.4, 0.5) is 0 Å². The molecule has 1 saturated heterocycles. The number of benzene rings is 1. The lowest BCUT2D eigenvalue weighted by Crippen LogP contribution is -2.33. The van der Waals surface area contributed by atoms with Crippen molar-refractivity contribution in [2.24, 2.45) is 0 Å². The minimum Gasteiger partial charge on any atom is -0.363 e. The summed E-state index contributed by atoms with van der Waals surface area (Å²) in [6.45, 7) is 1.17. The third-order valence-electron chi connectivity index (χ3n) is 4.60. The van der Waals surface area contributed by atoms with Crippen LogP contribution in [0.1, 0.15) is 24.6 Å². The van der Waals surface area contributed by atoms with Gasteiger partial charge in [0.1, 0.15) is 6.54 Å². The van der Waals surface area contributed by atoms with Gasteiger partial charge in [-0.25, -0.2) is 0 Å². The molecule has 23 heavy (non-hydrogen) atoms. The van der Waals surface area contributed by atoms with Gasteiger partial charge in [0.25, 0.3) is 0 Å². The number of H-pyrrole nitrogens is 1. The number of aromatic nitrogens is 2. The first-order valence-electron chi connectivity index (χ1n) is 7.89. The number of fused-ring (bicyclic) bond motifs is 1. The number of rotatable bonds is 3. The van der Waals surface area contributed by atoms with Crippen LogP contribution < -0.4 is 0 Å². The van der Waals surface area contributed by atoms with Gasteiger partial charge in [-0.2, -0.15) is 0 Å². The van der Waals surface area contributed by atoms with E-state index < -0.39 is 0 Å². The lowest BCUT2D eigenvalue weighted by molar-refractivity contribution is -0.132. The van der Waals surface area contributed by atoms with E-state index in [1.807, 2.05) is 52.2 Å². The zero-order valence-corrected chi connectivity index (χ0v) is 13.5. The lowest BCUT2D eigenvalue weighted by atomic mass is 10.1. The third kappa shape index (κ3) is 2.63. The summed E-state index contributed by atoms with van der Waals surface area (Å²) in [5.74, 6) is 0.152. The molecule has 1 aromatic carbocycles. The molecule has 5 heteroatoms. The van der Waals surface area contributed by atoms with E-state index >= 15 is 0 Å². The molecular weight excluding hydrogens is 310 g/mol. The molecule has 1 atom stereocenters. The fraction of sp³-hybridized carbons (Fsp3) is 0.278. The number of carbonyl (C=O) groups excluding carboxylic acids is 1. The van der Waals surface area contributed by atoms with E-state index in [2.05, 4.69) is 11.1 Å². The van der Waals surface area contributed by atoms with Gasteiger partial charge < -0.3 is 14.5 Å². The smallest absolute Gasteiger partial charge is 0.243 e. The Bertz CT molecular complexity index is 837. The molecule has 0 saturated carbocycles. The van der Waals surface area contributed by atoms with Crippen LogP contribution in [-0.4, -0.2) is 26.9 Å². The van der Waals surface area contributed by atoms with Crippen LogP contribution in [0.5, 0.6) is 0 Å². The number of nitrogens with one attached hydrogen (secondary N) is 1. The summed E-state index contributed by atoms with van der Waals surface area (Å²) >= 11 is 6.09. The van der Waals surface area contributed by atoms with Crippen molar-refractivity contribution >= 4 is 28.4 Å². The summed E-state index contributed by atoms with van der Waals surface area (Å²) in [5.41, 5.74) is 2.12. The molecular formula is C18H18ClN3O. The number of halogens is 1. The van der Waals surface area contributed by atoms with Crippen molar-refractivity contribution in [3.8, 4) is 0 Å². The van der Waals surface area contributed by atoms with Crippen molar-refractivity contribution in [2.75, 3.05) is 6.54 Å². The first kappa shape index (κ1) is 14.4. The van der Waals surface area contributed by atoms with Gasteiger partial charge in [-0.05, 0) is 48.6 Å². The highest BCUT2D eigenvalue weighted by Gasteiger charge is 2.30. The second-order valence-electron chi connectivity index (χ2n) is 6.02. The van der Waals surface area contributed by atoms with Gasteiger partial charge in [-0.3, -0.25) is 4.79 Å². The SMILES string of the molecule is O=C(Cn1ccc2ccc(Cl)cc21)N1CCC[C@H]1c1ccc[nH]1. The number of carbonyl (C=O) groups is 1. The molecule has 1 fully saturated rings. The minimum atomic E-state index is 0.152. The van der Waals surface area contributed by atoms with Crippen molar-refractivity contribution in [3.05, 3.63) is 59.5 Å². The average molecular weight is 328 g/mol. The van der Waals surface area contributed by atoms with Crippen LogP contribution in [-0.2, 0) is 11.3 Å². The molecule has 1 N–H and O–H groups in total. The zero-order valence-electron chi connectivity index (χ0n) is 12.7. The summed E-state index contributed by atoms with van der Waals surface area (Å²) in [5, 5.41) is 1.79. The standard InChI is InChI=1S/C18H18ClN3O/c19-14-6-5-13-7-10-21(17(13)11-14)12-18(23)22-9-2-4-16(22)15-3-1-8-20-15/h1,3,5-8,10-11,16,20H,2,4,9,12H2/t16-/m0/s1. The normalized spacial score (nSPS) is 18.0. The van der Waals surface area contributed by atoms with Gasteiger partial charge in [0.15, 0.2) is 0 Å². The molecule has 118 valence electrons. The van der Waals surface area contributed by atoms with Crippen LogP contribution in [0.25, 0.3) is 10.9 Å². The van der Waals surface area contributed by atoms with Gasteiger partial charge in [0.2, 0.25) is 5.91 Å². The quantitative estimate of drug-likeness (QED) is 0.776. The Kier molecular flexibility index (Phi) is 3.62. The van der Waals surface area contributed by atoms with E-state index in [1.54, 1.807) is 0 Å². The predicted octanol–water partition coefficient (Wildman–Crippen LogP) is 3.99. The van der Waals surface area contributed by atoms with Gasteiger partial charge in [-0.15, -0.1) is 0 Å². The summed E-state index contributed by atoms with van der Waals surface area (Å²) in [6.07, 6.45) is 5.94. The fourth-order valence-electron chi connectivity index (χ4n) is 3.47. The first-order valence-corrected chi connectivity index (χ1v) is 8.27. The average Bonchev–Trinajstić information content (AvgIpc) is 3.27. The number of hydrogen-bond acceptors (Lipinski definition) is 1. The van der Waals surface area contributed by atoms with E-state index in [0.717, 1.165) is 36.0 Å². The number of nitrogens with zero attached hydrogens (tertiary/aromatic N) is 2. The Morgan fingerprint density at radius 2 is 2.22 bits per heavy atom. The van der Waals surface area contributed by atoms with Gasteiger partial charge in [0, 0.05) is 35.2 Å². The summed E-state index contributed by atoms with van der Waals surface area (Å²) in [6, 6.07) is 12.0. The molecule has 0 unspecified atom stereocenters. The predicted molar refractivity (Wildman–Crippen MR) is 91.4 cm³/mol. The molecule has 3 aromatic rings. The molecule has 4 rings (SSSR count). The second kappa shape index (κ2) is 5.78. The molecule has 0 bridgehead atoms. The van der Waals surface area contributed by atoms with Crippen LogP contribution in [0, 0.1) is 0 Å². The molecule has 0 spiro atoms. The highest BCUT2D eigenvalue weighted by Crippen LogP contribution is 2.31. The Morgan fingerprint density at radius 1 is 1.30 bits per heavy atom. The molecule has 0 aliphatic carbocycles. The van der Waals surface area contributed by atoms with E-state index in [-0.39, 0.29) is 11.9 Å². The molecule has 1 aliphatic heterocycles. The van der Waals surface area contributed by atoms with Gasteiger partial charge in [-0.1, -0.05) is 17.7 Å². The highest BCUT2D eigenvalue weighted by atomic mass is 35.5. The number of hydrogen-bond donors (Lipinski definition) is 1. The van der Waals surface area contributed by atoms with Crippen LogP contribution >= 0.6 is 11.6 Å². The van der Waals surface area contributed by atoms with E-state index in [0.29, 0.717) is 11.6 Å². The van der Waals surface area contributed by atoms with Crippen molar-refractivity contribution in [2.45, 2.75) is 25.4 Å². The van der Waals surface area contributed by atoms with E-state index in [4.69, 9.17) is 11.6 Å². The minimum absolute atomic E-state index is 0.152. The van der Waals surface area contributed by atoms with E-state index in [1.165, 1.54) is 0 Å². The maximum Gasteiger partial charge on any atom is 0.243 e. The van der Waals surface area contributed by atoms with Crippen molar-refractivity contribution in [3.63, 3.8) is 0 Å². The summed E-state index contributed by atoms with van der Waals surface area (Å²) < 4.78 is 1.98. The third-order valence-corrected chi connectivity index (χ3v) is 4.83. The molecule has 3 heterocycles. The largest absolute Gasteiger partial charge is 0.363 e. The van der Waals surface area contributed by atoms with Gasteiger partial charge in [0.05, 0.1) is 6.04 Å². The Balaban J connectivity index is 1.58. The first-order chi connectivity index (χ1) is 11.2. The van der Waals surface area contributed by atoms with Gasteiger partial charge >= 0.3 is 0 Å². The van der Waals surface area contributed by atoms with Crippen molar-refractivity contribution < 1.29 is 4.79 Å². The topological polar surface area (TPSA) is 41.0 Å². The number of likely N-dealkylation sites (tertiary alicyclic amines) is 1. The van der Waals surface area contributed by atoms with Crippen LogP contribution in [0.2, 0.25) is 5.02 Å². The monoisotopic (exact) mass is 327 g/mol. The Hall–Kier alpha value is -2.20. The molecule has 1 amide bonds. The number of amides is 1. The Labute approximate surface area is 139 Å². The van der Waals surface area contributed by atoms with Crippen LogP contribution in [0.3, 0.4) is 0 Å². The molecule has 4 nitrogen and oxygen atoms in total. The Morgan fingerprint density at radius 3 is 3.04 bits per heavy atom.